The van der Waals surface area contributed by atoms with Crippen molar-refractivity contribution in [1.29, 1.82) is 0 Å². The van der Waals surface area contributed by atoms with E-state index in [0.717, 1.165) is 12.1 Å². The third kappa shape index (κ3) is 4.47. The van der Waals surface area contributed by atoms with E-state index in [4.69, 9.17) is 0 Å². The molecule has 2 N–H and O–H groups in total. The molecule has 0 atom stereocenters. The van der Waals surface area contributed by atoms with E-state index < -0.39 is 23.5 Å². The second kappa shape index (κ2) is 8.26. The van der Waals surface area contributed by atoms with Gasteiger partial charge in [-0.1, -0.05) is 0 Å². The lowest BCUT2D eigenvalue weighted by molar-refractivity contribution is 0.0600. The number of pyridine rings is 1. The van der Waals surface area contributed by atoms with Gasteiger partial charge in [0, 0.05) is 29.3 Å². The Kier molecular flexibility index (Phi) is 5.59. The number of ether oxygens (including phenoxy) is 1. The highest BCUT2D eigenvalue weighted by Crippen LogP contribution is 2.20. The summed E-state index contributed by atoms with van der Waals surface area (Å²) < 4.78 is 30.9. The second-order valence-corrected chi connectivity index (χ2v) is 5.71. The van der Waals surface area contributed by atoms with E-state index in [2.05, 4.69) is 20.4 Å². The van der Waals surface area contributed by atoms with Crippen LogP contribution < -0.4 is 10.6 Å². The maximum Gasteiger partial charge on any atom is 0.337 e. The van der Waals surface area contributed by atoms with Crippen molar-refractivity contribution >= 4 is 28.9 Å². The fourth-order valence-corrected chi connectivity index (χ4v) is 2.38. The van der Waals surface area contributed by atoms with Crippen LogP contribution in [-0.2, 0) is 4.74 Å². The third-order valence-electron chi connectivity index (χ3n) is 3.76. The monoisotopic (exact) mass is 383 g/mol. The van der Waals surface area contributed by atoms with E-state index in [1.807, 2.05) is 0 Å². The van der Waals surface area contributed by atoms with Crippen molar-refractivity contribution in [2.24, 2.45) is 0 Å². The molecule has 0 unspecified atom stereocenters. The number of nitrogens with zero attached hydrogens (tertiary/aromatic N) is 1. The second-order valence-electron chi connectivity index (χ2n) is 5.71. The Morgan fingerprint density at radius 3 is 2.25 bits per heavy atom. The summed E-state index contributed by atoms with van der Waals surface area (Å²) >= 11 is 0. The molecule has 6 nitrogen and oxygen atoms in total. The Morgan fingerprint density at radius 2 is 1.57 bits per heavy atom. The lowest BCUT2D eigenvalue weighted by Gasteiger charge is -2.09. The number of hydrogen-bond donors (Lipinski definition) is 2. The molecule has 1 amide bonds. The first-order chi connectivity index (χ1) is 13.5. The quantitative estimate of drug-likeness (QED) is 0.647. The van der Waals surface area contributed by atoms with Gasteiger partial charge in [-0.15, -0.1) is 0 Å². The van der Waals surface area contributed by atoms with Gasteiger partial charge in [0.1, 0.15) is 5.69 Å². The Balaban J connectivity index is 1.71. The largest absolute Gasteiger partial charge is 0.465 e. The topological polar surface area (TPSA) is 80.3 Å². The number of carbonyl (C=O) groups excluding carboxylic acids is 2. The first kappa shape index (κ1) is 19.0. The number of hydrogen-bond acceptors (Lipinski definition) is 5. The van der Waals surface area contributed by atoms with E-state index in [-0.39, 0.29) is 5.69 Å². The maximum atomic E-state index is 13.3. The van der Waals surface area contributed by atoms with Crippen molar-refractivity contribution in [2.75, 3.05) is 17.7 Å². The predicted molar refractivity (Wildman–Crippen MR) is 99.6 cm³/mol. The first-order valence-corrected chi connectivity index (χ1v) is 8.14. The lowest BCUT2D eigenvalue weighted by atomic mass is 10.2. The molecule has 0 bridgehead atoms. The number of halogens is 2. The molecule has 8 heteroatoms. The van der Waals surface area contributed by atoms with Gasteiger partial charge in [-0.3, -0.25) is 9.78 Å². The number of anilines is 3. The molecular formula is C20H15F2N3O3. The summed E-state index contributed by atoms with van der Waals surface area (Å²) in [5.74, 6) is -2.87. The van der Waals surface area contributed by atoms with Crippen molar-refractivity contribution < 1.29 is 23.1 Å². The summed E-state index contributed by atoms with van der Waals surface area (Å²) in [5.41, 5.74) is 1.75. The highest BCUT2D eigenvalue weighted by molar-refractivity contribution is 6.03. The van der Waals surface area contributed by atoms with Gasteiger partial charge in [0.05, 0.1) is 12.7 Å². The van der Waals surface area contributed by atoms with Gasteiger partial charge in [-0.25, -0.2) is 13.6 Å². The molecule has 28 heavy (non-hydrogen) atoms. The van der Waals surface area contributed by atoms with Crippen LogP contribution in [0, 0.1) is 11.6 Å². The van der Waals surface area contributed by atoms with Crippen LogP contribution in [0.15, 0.2) is 60.8 Å². The predicted octanol–water partition coefficient (Wildman–Crippen LogP) is 4.14. The van der Waals surface area contributed by atoms with E-state index in [0.29, 0.717) is 22.6 Å². The van der Waals surface area contributed by atoms with Crippen LogP contribution >= 0.6 is 0 Å². The minimum Gasteiger partial charge on any atom is -0.465 e. The highest BCUT2D eigenvalue weighted by atomic mass is 19.2. The van der Waals surface area contributed by atoms with Gasteiger partial charge < -0.3 is 15.4 Å². The van der Waals surface area contributed by atoms with Crippen LogP contribution in [0.4, 0.5) is 25.8 Å². The van der Waals surface area contributed by atoms with Crippen LogP contribution in [0.25, 0.3) is 0 Å². The standard InChI is InChI=1S/C20H15F2N3O3/c1-28-20(27)12-2-4-13(5-3-12)25-19(26)18-11-15(8-9-23-18)24-14-6-7-16(21)17(22)10-14/h2-11H,1H3,(H,23,24)(H,25,26). The number of nitrogens with one attached hydrogen (secondary N) is 2. The van der Waals surface area contributed by atoms with Crippen LogP contribution in [0.5, 0.6) is 0 Å². The van der Waals surface area contributed by atoms with Crippen molar-refractivity contribution in [3.05, 3.63) is 83.7 Å². The molecule has 0 spiro atoms. The third-order valence-corrected chi connectivity index (χ3v) is 3.76. The van der Waals surface area contributed by atoms with Crippen molar-refractivity contribution in [1.82, 2.24) is 4.98 Å². The van der Waals surface area contributed by atoms with E-state index >= 15 is 0 Å². The average molecular weight is 383 g/mol. The zero-order chi connectivity index (χ0) is 20.1. The summed E-state index contributed by atoms with van der Waals surface area (Å²) in [7, 11) is 1.28. The number of benzene rings is 2. The van der Waals surface area contributed by atoms with Gasteiger partial charge >= 0.3 is 5.97 Å². The molecule has 2 aromatic carbocycles. The molecule has 0 saturated carbocycles. The Labute approximate surface area is 159 Å². The number of rotatable bonds is 5. The zero-order valence-electron chi connectivity index (χ0n) is 14.7. The average Bonchev–Trinajstić information content (AvgIpc) is 2.71. The summed E-state index contributed by atoms with van der Waals surface area (Å²) in [6.07, 6.45) is 1.41. The van der Waals surface area contributed by atoms with E-state index in [9.17, 15) is 18.4 Å². The lowest BCUT2D eigenvalue weighted by Crippen LogP contribution is -2.14. The van der Waals surface area contributed by atoms with Crippen molar-refractivity contribution in [3.63, 3.8) is 0 Å². The minimum absolute atomic E-state index is 0.115. The van der Waals surface area contributed by atoms with E-state index in [1.54, 1.807) is 18.2 Å². The Bertz CT molecular complexity index is 1020. The number of methoxy groups -OCH3 is 1. The number of esters is 1. The molecule has 0 aliphatic heterocycles. The normalized spacial score (nSPS) is 10.2. The highest BCUT2D eigenvalue weighted by Gasteiger charge is 2.11. The molecule has 3 aromatic rings. The van der Waals surface area contributed by atoms with Gasteiger partial charge in [-0.2, -0.15) is 0 Å². The molecule has 0 saturated heterocycles. The fraction of sp³-hybridized carbons (Fsp3) is 0.0500. The first-order valence-electron chi connectivity index (χ1n) is 8.14. The summed E-state index contributed by atoms with van der Waals surface area (Å²) in [6, 6.07) is 12.6. The molecule has 0 radical (unpaired) electrons. The smallest absolute Gasteiger partial charge is 0.337 e. The summed E-state index contributed by atoms with van der Waals surface area (Å²) in [4.78, 5) is 27.8. The molecule has 1 heterocycles. The minimum atomic E-state index is -0.979. The Hall–Kier alpha value is -3.81. The number of amides is 1. The molecular weight excluding hydrogens is 368 g/mol. The maximum absolute atomic E-state index is 13.3. The van der Waals surface area contributed by atoms with Crippen molar-refractivity contribution in [2.45, 2.75) is 0 Å². The Morgan fingerprint density at radius 1 is 0.893 bits per heavy atom. The van der Waals surface area contributed by atoms with Gasteiger partial charge in [0.15, 0.2) is 11.6 Å². The number of aromatic nitrogens is 1. The van der Waals surface area contributed by atoms with Crippen LogP contribution in [0.1, 0.15) is 20.8 Å². The number of carbonyl (C=O) groups is 2. The van der Waals surface area contributed by atoms with Gasteiger partial charge in [0.2, 0.25) is 0 Å². The molecule has 0 aliphatic rings. The van der Waals surface area contributed by atoms with E-state index in [1.165, 1.54) is 37.6 Å². The van der Waals surface area contributed by atoms with Crippen molar-refractivity contribution in [3.8, 4) is 0 Å². The summed E-state index contributed by atoms with van der Waals surface area (Å²) in [6.45, 7) is 0. The van der Waals surface area contributed by atoms with Gasteiger partial charge in [-0.05, 0) is 48.5 Å². The van der Waals surface area contributed by atoms with Crippen LogP contribution in [-0.4, -0.2) is 24.0 Å². The zero-order valence-corrected chi connectivity index (χ0v) is 14.7. The molecule has 0 aliphatic carbocycles. The molecule has 3 rings (SSSR count). The summed E-state index contributed by atoms with van der Waals surface area (Å²) in [5, 5.41) is 5.54. The van der Waals surface area contributed by atoms with Crippen LogP contribution in [0.3, 0.4) is 0 Å². The SMILES string of the molecule is COC(=O)c1ccc(NC(=O)c2cc(Nc3ccc(F)c(F)c3)ccn2)cc1. The van der Waals surface area contributed by atoms with Crippen LogP contribution in [0.2, 0.25) is 0 Å². The molecule has 1 aromatic heterocycles. The fourth-order valence-electron chi connectivity index (χ4n) is 2.38. The molecule has 0 fully saturated rings. The van der Waals surface area contributed by atoms with Gasteiger partial charge in [0.25, 0.3) is 5.91 Å². The molecule has 142 valence electrons.